The summed E-state index contributed by atoms with van der Waals surface area (Å²) < 4.78 is 14.2. The maximum Gasteiger partial charge on any atom is 0.257 e. The Labute approximate surface area is 165 Å². The summed E-state index contributed by atoms with van der Waals surface area (Å²) in [6.45, 7) is 3.67. The molecule has 7 heteroatoms. The average molecular weight is 397 g/mol. The molecule has 0 radical (unpaired) electrons. The summed E-state index contributed by atoms with van der Waals surface area (Å²) >= 11 is 1.47. The summed E-state index contributed by atoms with van der Waals surface area (Å²) in [6.07, 6.45) is 3.88. The summed E-state index contributed by atoms with van der Waals surface area (Å²) in [5, 5.41) is 3.78. The molecule has 0 saturated heterocycles. The lowest BCUT2D eigenvalue weighted by molar-refractivity contribution is 0.0821. The number of thiazole rings is 1. The summed E-state index contributed by atoms with van der Waals surface area (Å²) in [5.74, 6) is -0.735. The predicted octanol–water partition coefficient (Wildman–Crippen LogP) is 4.06. The van der Waals surface area contributed by atoms with Crippen LogP contribution >= 0.6 is 11.3 Å². The van der Waals surface area contributed by atoms with Crippen molar-refractivity contribution in [2.24, 2.45) is 0 Å². The van der Waals surface area contributed by atoms with Crippen LogP contribution in [0.15, 0.2) is 41.3 Å². The van der Waals surface area contributed by atoms with Gasteiger partial charge in [0.15, 0.2) is 5.43 Å². The van der Waals surface area contributed by atoms with Crippen LogP contribution in [0.4, 0.5) is 4.39 Å². The molecule has 1 saturated carbocycles. The number of carbonyl (C=O) groups is 1. The zero-order valence-electron chi connectivity index (χ0n) is 15.6. The van der Waals surface area contributed by atoms with Crippen LogP contribution in [0.2, 0.25) is 0 Å². The number of halogens is 1. The van der Waals surface area contributed by atoms with E-state index in [9.17, 15) is 14.0 Å². The molecule has 3 aromatic rings. The Kier molecular flexibility index (Phi) is 4.63. The zero-order chi connectivity index (χ0) is 19.9. The lowest BCUT2D eigenvalue weighted by Crippen LogP contribution is -2.51. The number of aryl methyl sites for hydroxylation is 2. The molecule has 5 nitrogen and oxygen atoms in total. The Bertz CT molecular complexity index is 1110. The highest BCUT2D eigenvalue weighted by Crippen LogP contribution is 2.45. The van der Waals surface area contributed by atoms with E-state index in [0.29, 0.717) is 17.0 Å². The largest absolute Gasteiger partial charge is 0.364 e. The number of pyridine rings is 1. The highest BCUT2D eigenvalue weighted by Gasteiger charge is 2.43. The second-order valence-electron chi connectivity index (χ2n) is 7.19. The predicted molar refractivity (Wildman–Crippen MR) is 107 cm³/mol. The van der Waals surface area contributed by atoms with Crippen LogP contribution < -0.4 is 10.7 Å². The summed E-state index contributed by atoms with van der Waals surface area (Å²) in [7, 11) is 0. The van der Waals surface area contributed by atoms with Crippen LogP contribution in [0, 0.1) is 19.7 Å². The van der Waals surface area contributed by atoms with Crippen molar-refractivity contribution in [1.29, 1.82) is 0 Å². The van der Waals surface area contributed by atoms with Gasteiger partial charge in [-0.2, -0.15) is 0 Å². The molecular formula is C21H20FN3O2S. The summed E-state index contributed by atoms with van der Waals surface area (Å²) in [4.78, 5) is 33.4. The smallest absolute Gasteiger partial charge is 0.257 e. The van der Waals surface area contributed by atoms with Gasteiger partial charge < -0.3 is 10.3 Å². The second kappa shape index (κ2) is 6.98. The number of benzene rings is 1. The number of hydrogen-bond acceptors (Lipinski definition) is 4. The van der Waals surface area contributed by atoms with Gasteiger partial charge >= 0.3 is 0 Å². The highest BCUT2D eigenvalue weighted by molar-refractivity contribution is 7.12. The Hall–Kier alpha value is -2.80. The first kappa shape index (κ1) is 18.6. The van der Waals surface area contributed by atoms with Gasteiger partial charge in [0, 0.05) is 28.4 Å². The van der Waals surface area contributed by atoms with Crippen molar-refractivity contribution in [2.45, 2.75) is 38.6 Å². The average Bonchev–Trinajstić information content (AvgIpc) is 3.00. The standard InChI is InChI=1S/C21H20FN3O2S/c1-12-10-17(26)15(11-23-12)19(27)25-21(8-5-9-21)20-24-18(13(2)28-20)14-6-3-4-7-16(14)22/h3-4,6-7,10-11H,5,8-9H2,1-2H3,(H,23,26)(H,25,27). The van der Waals surface area contributed by atoms with Crippen molar-refractivity contribution in [3.63, 3.8) is 0 Å². The molecule has 2 aromatic heterocycles. The van der Waals surface area contributed by atoms with Gasteiger partial charge in [-0.1, -0.05) is 12.1 Å². The molecule has 0 unspecified atom stereocenters. The van der Waals surface area contributed by atoms with E-state index < -0.39 is 11.4 Å². The van der Waals surface area contributed by atoms with E-state index in [1.807, 2.05) is 6.92 Å². The lowest BCUT2D eigenvalue weighted by atomic mass is 9.77. The number of rotatable bonds is 4. The first-order valence-corrected chi connectivity index (χ1v) is 9.96. The number of amides is 1. The maximum atomic E-state index is 14.2. The van der Waals surface area contributed by atoms with Crippen LogP contribution in [0.3, 0.4) is 0 Å². The van der Waals surface area contributed by atoms with Gasteiger partial charge in [-0.15, -0.1) is 11.3 Å². The molecule has 2 N–H and O–H groups in total. The fourth-order valence-electron chi connectivity index (χ4n) is 3.46. The van der Waals surface area contributed by atoms with Gasteiger partial charge in [0.2, 0.25) is 0 Å². The van der Waals surface area contributed by atoms with Crippen molar-refractivity contribution in [3.8, 4) is 11.3 Å². The molecule has 144 valence electrons. The Morgan fingerprint density at radius 1 is 1.29 bits per heavy atom. The van der Waals surface area contributed by atoms with Crippen molar-refractivity contribution >= 4 is 17.2 Å². The topological polar surface area (TPSA) is 74.8 Å². The van der Waals surface area contributed by atoms with E-state index in [4.69, 9.17) is 4.98 Å². The van der Waals surface area contributed by atoms with Gasteiger partial charge in [0.25, 0.3) is 5.91 Å². The van der Waals surface area contributed by atoms with Gasteiger partial charge in [0.05, 0.1) is 11.2 Å². The van der Waals surface area contributed by atoms with Crippen molar-refractivity contribution < 1.29 is 9.18 Å². The normalized spacial score (nSPS) is 15.1. The Morgan fingerprint density at radius 3 is 2.68 bits per heavy atom. The number of hydrogen-bond donors (Lipinski definition) is 2. The van der Waals surface area contributed by atoms with Crippen LogP contribution in [-0.2, 0) is 5.54 Å². The molecule has 1 aromatic carbocycles. The SMILES string of the molecule is Cc1cc(=O)c(C(=O)NC2(c3nc(-c4ccccc4F)c(C)s3)CCC2)c[nH]1. The van der Waals surface area contributed by atoms with E-state index in [-0.39, 0.29) is 16.8 Å². The van der Waals surface area contributed by atoms with Crippen LogP contribution in [-0.4, -0.2) is 15.9 Å². The molecule has 28 heavy (non-hydrogen) atoms. The first-order valence-electron chi connectivity index (χ1n) is 9.14. The minimum Gasteiger partial charge on any atom is -0.364 e. The van der Waals surface area contributed by atoms with Crippen LogP contribution in [0.1, 0.15) is 45.2 Å². The molecule has 0 aliphatic heterocycles. The van der Waals surface area contributed by atoms with E-state index >= 15 is 0 Å². The van der Waals surface area contributed by atoms with Crippen LogP contribution in [0.25, 0.3) is 11.3 Å². The van der Waals surface area contributed by atoms with E-state index in [1.54, 1.807) is 25.1 Å². The highest BCUT2D eigenvalue weighted by atomic mass is 32.1. The number of nitrogens with zero attached hydrogens (tertiary/aromatic N) is 1. The Balaban J connectivity index is 1.67. The van der Waals surface area contributed by atoms with Gasteiger partial charge in [-0.05, 0) is 45.2 Å². The van der Waals surface area contributed by atoms with Gasteiger partial charge in [0.1, 0.15) is 16.4 Å². The fraction of sp³-hybridized carbons (Fsp3) is 0.286. The number of aromatic nitrogens is 2. The van der Waals surface area contributed by atoms with E-state index in [0.717, 1.165) is 29.1 Å². The molecule has 2 heterocycles. The second-order valence-corrected chi connectivity index (χ2v) is 8.39. The third-order valence-electron chi connectivity index (χ3n) is 5.20. The van der Waals surface area contributed by atoms with E-state index in [1.165, 1.54) is 29.7 Å². The summed E-state index contributed by atoms with van der Waals surface area (Å²) in [6, 6.07) is 7.96. The van der Waals surface area contributed by atoms with Crippen molar-refractivity contribution in [1.82, 2.24) is 15.3 Å². The zero-order valence-corrected chi connectivity index (χ0v) is 16.5. The third kappa shape index (κ3) is 3.16. The number of nitrogens with one attached hydrogen (secondary N) is 2. The molecule has 0 atom stereocenters. The van der Waals surface area contributed by atoms with Crippen LogP contribution in [0.5, 0.6) is 0 Å². The molecule has 0 bridgehead atoms. The minimum atomic E-state index is -0.604. The van der Waals surface area contributed by atoms with Crippen molar-refractivity contribution in [3.05, 3.63) is 73.7 Å². The summed E-state index contributed by atoms with van der Waals surface area (Å²) in [5.41, 5.74) is 0.924. The minimum absolute atomic E-state index is 0.0829. The van der Waals surface area contributed by atoms with E-state index in [2.05, 4.69) is 10.3 Å². The molecule has 1 aliphatic carbocycles. The quantitative estimate of drug-likeness (QED) is 0.697. The molecule has 1 amide bonds. The maximum absolute atomic E-state index is 14.2. The molecule has 0 spiro atoms. The van der Waals surface area contributed by atoms with Gasteiger partial charge in [-0.25, -0.2) is 9.37 Å². The first-order chi connectivity index (χ1) is 13.4. The number of aromatic amines is 1. The fourth-order valence-corrected chi connectivity index (χ4v) is 4.59. The van der Waals surface area contributed by atoms with Gasteiger partial charge in [-0.3, -0.25) is 9.59 Å². The molecular weight excluding hydrogens is 377 g/mol. The molecule has 1 aliphatic rings. The monoisotopic (exact) mass is 397 g/mol. The number of H-pyrrole nitrogens is 1. The van der Waals surface area contributed by atoms with Crippen molar-refractivity contribution in [2.75, 3.05) is 0 Å². The Morgan fingerprint density at radius 2 is 2.04 bits per heavy atom. The lowest BCUT2D eigenvalue weighted by Gasteiger charge is -2.40. The third-order valence-corrected chi connectivity index (χ3v) is 6.37. The molecule has 1 fully saturated rings. The molecule has 4 rings (SSSR count). The number of carbonyl (C=O) groups excluding carboxylic acids is 1.